The fourth-order valence-corrected chi connectivity index (χ4v) is 3.31. The smallest absolute Gasteiger partial charge is 0.311 e. The third-order valence-corrected chi connectivity index (χ3v) is 4.67. The van der Waals surface area contributed by atoms with E-state index in [9.17, 15) is 13.2 Å². The lowest BCUT2D eigenvalue weighted by Gasteiger charge is -2.23. The van der Waals surface area contributed by atoms with E-state index in [1.807, 2.05) is 6.92 Å². The largest absolute Gasteiger partial charge is 0.466 e. The van der Waals surface area contributed by atoms with Crippen molar-refractivity contribution in [2.45, 2.75) is 39.0 Å². The molecule has 0 amide bonds. The van der Waals surface area contributed by atoms with Gasteiger partial charge in [0, 0.05) is 11.9 Å². The molecule has 0 aliphatic heterocycles. The van der Waals surface area contributed by atoms with Crippen LogP contribution < -0.4 is 0 Å². The van der Waals surface area contributed by atoms with Crippen molar-refractivity contribution in [2.24, 2.45) is 0 Å². The van der Waals surface area contributed by atoms with E-state index in [-0.39, 0.29) is 23.6 Å². The zero-order valence-electron chi connectivity index (χ0n) is 14.0. The maximum atomic E-state index is 12.8. The van der Waals surface area contributed by atoms with Crippen molar-refractivity contribution in [3.8, 4) is 0 Å². The predicted octanol–water partition coefficient (Wildman–Crippen LogP) is 3.38. The van der Waals surface area contributed by atoms with Crippen molar-refractivity contribution in [3.63, 3.8) is 0 Å². The summed E-state index contributed by atoms with van der Waals surface area (Å²) in [7, 11) is -3.82. The number of hydrogen-bond donors (Lipinski definition) is 0. The van der Waals surface area contributed by atoms with E-state index < -0.39 is 16.0 Å². The fourth-order valence-electron chi connectivity index (χ4n) is 1.85. The molecule has 1 aromatic carbocycles. The van der Waals surface area contributed by atoms with Gasteiger partial charge in [-0.1, -0.05) is 29.8 Å². The number of sulfonamides is 1. The fraction of sp³-hybridized carbons (Fsp3) is 0.353. The number of benzene rings is 1. The summed E-state index contributed by atoms with van der Waals surface area (Å²) in [5.41, 5.74) is 1.87. The van der Waals surface area contributed by atoms with Gasteiger partial charge in [-0.25, -0.2) is 12.7 Å². The SMILES string of the molecule is C=C(CC(=O)OCC)N(C=C(C)C)S(=O)(=O)c1ccc(C)cc1. The molecule has 1 rings (SSSR count). The van der Waals surface area contributed by atoms with E-state index >= 15 is 0 Å². The van der Waals surface area contributed by atoms with Crippen LogP contribution in [0.2, 0.25) is 0 Å². The van der Waals surface area contributed by atoms with Crippen molar-refractivity contribution < 1.29 is 17.9 Å². The molecule has 23 heavy (non-hydrogen) atoms. The van der Waals surface area contributed by atoms with Crippen LogP contribution >= 0.6 is 0 Å². The number of nitrogens with zero attached hydrogens (tertiary/aromatic N) is 1. The zero-order valence-corrected chi connectivity index (χ0v) is 14.8. The summed E-state index contributed by atoms with van der Waals surface area (Å²) in [4.78, 5) is 11.8. The van der Waals surface area contributed by atoms with Crippen LogP contribution in [0.5, 0.6) is 0 Å². The minimum atomic E-state index is -3.82. The second-order valence-electron chi connectivity index (χ2n) is 5.37. The first-order valence-electron chi connectivity index (χ1n) is 7.28. The zero-order chi connectivity index (χ0) is 17.6. The summed E-state index contributed by atoms with van der Waals surface area (Å²) < 4.78 is 31.6. The number of rotatable bonds is 7. The number of carbonyl (C=O) groups excluding carboxylic acids is 1. The Morgan fingerprint density at radius 2 is 1.83 bits per heavy atom. The van der Waals surface area contributed by atoms with Gasteiger partial charge in [-0.05, 0) is 39.8 Å². The van der Waals surface area contributed by atoms with E-state index in [0.717, 1.165) is 15.4 Å². The molecule has 0 bridgehead atoms. The van der Waals surface area contributed by atoms with E-state index in [1.54, 1.807) is 32.9 Å². The number of esters is 1. The van der Waals surface area contributed by atoms with Gasteiger partial charge in [-0.15, -0.1) is 0 Å². The lowest BCUT2D eigenvalue weighted by atomic mass is 10.2. The van der Waals surface area contributed by atoms with Crippen LogP contribution in [0.25, 0.3) is 0 Å². The summed E-state index contributed by atoms with van der Waals surface area (Å²) in [6.45, 7) is 11.1. The summed E-state index contributed by atoms with van der Waals surface area (Å²) in [6, 6.07) is 6.52. The van der Waals surface area contributed by atoms with Crippen LogP contribution in [0.1, 0.15) is 32.8 Å². The maximum absolute atomic E-state index is 12.8. The quantitative estimate of drug-likeness (QED) is 0.716. The summed E-state index contributed by atoms with van der Waals surface area (Å²) >= 11 is 0. The highest BCUT2D eigenvalue weighted by atomic mass is 32.2. The second-order valence-corrected chi connectivity index (χ2v) is 7.18. The van der Waals surface area contributed by atoms with Crippen LogP contribution in [0, 0.1) is 6.92 Å². The number of carbonyl (C=O) groups is 1. The first-order chi connectivity index (χ1) is 10.7. The molecule has 0 aliphatic carbocycles. The highest BCUT2D eigenvalue weighted by Gasteiger charge is 2.25. The molecule has 0 saturated carbocycles. The van der Waals surface area contributed by atoms with E-state index in [1.165, 1.54) is 18.3 Å². The minimum absolute atomic E-state index is 0.144. The maximum Gasteiger partial charge on any atom is 0.311 e. The molecule has 0 heterocycles. The number of allylic oxidation sites excluding steroid dienone is 1. The van der Waals surface area contributed by atoms with Gasteiger partial charge < -0.3 is 4.74 Å². The number of aryl methyl sites for hydroxylation is 1. The van der Waals surface area contributed by atoms with Crippen molar-refractivity contribution in [2.75, 3.05) is 6.61 Å². The Labute approximate surface area is 138 Å². The topological polar surface area (TPSA) is 63.7 Å². The van der Waals surface area contributed by atoms with Gasteiger partial charge >= 0.3 is 5.97 Å². The Morgan fingerprint density at radius 3 is 2.30 bits per heavy atom. The van der Waals surface area contributed by atoms with Crippen LogP contribution in [0.15, 0.2) is 53.2 Å². The molecular formula is C17H23NO4S. The molecule has 1 aromatic rings. The normalized spacial score (nSPS) is 10.8. The molecule has 5 nitrogen and oxygen atoms in total. The highest BCUT2D eigenvalue weighted by Crippen LogP contribution is 2.23. The molecule has 0 N–H and O–H groups in total. The molecule has 0 aromatic heterocycles. The molecule has 0 unspecified atom stereocenters. The number of ether oxygens (including phenoxy) is 1. The van der Waals surface area contributed by atoms with Crippen molar-refractivity contribution in [1.29, 1.82) is 0 Å². The van der Waals surface area contributed by atoms with Crippen molar-refractivity contribution in [1.82, 2.24) is 4.31 Å². The lowest BCUT2D eigenvalue weighted by molar-refractivity contribution is -0.142. The molecule has 0 aliphatic rings. The monoisotopic (exact) mass is 337 g/mol. The van der Waals surface area contributed by atoms with Gasteiger partial charge in [-0.2, -0.15) is 0 Å². The van der Waals surface area contributed by atoms with Gasteiger partial charge in [0.2, 0.25) is 0 Å². The van der Waals surface area contributed by atoms with Gasteiger partial charge in [0.05, 0.1) is 17.9 Å². The molecule has 126 valence electrons. The highest BCUT2D eigenvalue weighted by molar-refractivity contribution is 7.89. The van der Waals surface area contributed by atoms with Gasteiger partial charge in [0.1, 0.15) is 0 Å². The molecular weight excluding hydrogens is 314 g/mol. The number of hydrogen-bond acceptors (Lipinski definition) is 4. The summed E-state index contributed by atoms with van der Waals surface area (Å²) in [6.07, 6.45) is 1.26. The third kappa shape index (κ3) is 5.25. The summed E-state index contributed by atoms with van der Waals surface area (Å²) in [5, 5.41) is 0. The van der Waals surface area contributed by atoms with Crippen LogP contribution in [-0.2, 0) is 19.6 Å². The molecule has 0 spiro atoms. The molecule has 0 atom stereocenters. The lowest BCUT2D eigenvalue weighted by Crippen LogP contribution is -2.27. The molecule has 0 radical (unpaired) electrons. The Hall–Kier alpha value is -2.08. The predicted molar refractivity (Wildman–Crippen MR) is 90.0 cm³/mol. The summed E-state index contributed by atoms with van der Waals surface area (Å²) in [5.74, 6) is -0.510. The average Bonchev–Trinajstić information content (AvgIpc) is 2.45. The van der Waals surface area contributed by atoms with Gasteiger partial charge in [-0.3, -0.25) is 4.79 Å². The Morgan fingerprint density at radius 1 is 1.26 bits per heavy atom. The van der Waals surface area contributed by atoms with Crippen LogP contribution in [0.4, 0.5) is 0 Å². The van der Waals surface area contributed by atoms with Crippen molar-refractivity contribution >= 4 is 16.0 Å². The van der Waals surface area contributed by atoms with Gasteiger partial charge in [0.15, 0.2) is 0 Å². The first kappa shape index (κ1) is 19.0. The molecule has 0 fully saturated rings. The van der Waals surface area contributed by atoms with E-state index in [2.05, 4.69) is 6.58 Å². The van der Waals surface area contributed by atoms with E-state index in [0.29, 0.717) is 0 Å². The minimum Gasteiger partial charge on any atom is -0.466 e. The average molecular weight is 337 g/mol. The third-order valence-electron chi connectivity index (χ3n) is 2.92. The molecule has 0 saturated heterocycles. The van der Waals surface area contributed by atoms with Crippen LogP contribution in [0.3, 0.4) is 0 Å². The van der Waals surface area contributed by atoms with E-state index in [4.69, 9.17) is 4.74 Å². The van der Waals surface area contributed by atoms with Crippen molar-refractivity contribution in [3.05, 3.63) is 53.9 Å². The Balaban J connectivity index is 3.20. The Bertz CT molecular complexity index is 699. The Kier molecular flexibility index (Phi) is 6.57. The molecule has 6 heteroatoms. The van der Waals surface area contributed by atoms with Gasteiger partial charge in [0.25, 0.3) is 10.0 Å². The first-order valence-corrected chi connectivity index (χ1v) is 8.72. The second kappa shape index (κ2) is 7.97. The van der Waals surface area contributed by atoms with Crippen LogP contribution in [-0.4, -0.2) is 25.3 Å². The standard InChI is InChI=1S/C17H23NO4S/c1-6-22-17(19)11-15(5)18(12-13(2)3)23(20,21)16-9-7-14(4)8-10-16/h7-10,12H,5-6,11H2,1-4H3.